The lowest BCUT2D eigenvalue weighted by molar-refractivity contribution is 0.0919. The van der Waals surface area contributed by atoms with E-state index in [1.54, 1.807) is 6.26 Å². The van der Waals surface area contributed by atoms with E-state index in [2.05, 4.69) is 15.0 Å². The Morgan fingerprint density at radius 2 is 2.06 bits per heavy atom. The van der Waals surface area contributed by atoms with Gasteiger partial charge >= 0.3 is 6.16 Å². The molecule has 0 aliphatic rings. The molecule has 0 saturated carbocycles. The predicted octanol–water partition coefficient (Wildman–Crippen LogP) is 2.45. The number of rotatable bonds is 3. The normalized spacial score (nSPS) is 11.1. The highest BCUT2D eigenvalue weighted by molar-refractivity contribution is 8.00. The van der Waals surface area contributed by atoms with Crippen LogP contribution >= 0.6 is 23.1 Å². The molecule has 0 aromatic carbocycles. The summed E-state index contributed by atoms with van der Waals surface area (Å²) in [4.78, 5) is 26.6. The van der Waals surface area contributed by atoms with Crippen LogP contribution in [0.3, 0.4) is 0 Å². The summed E-state index contributed by atoms with van der Waals surface area (Å²) in [6, 6.07) is 0. The standard InChI is InChI=1S/C10H14N2O4S2/c1-10(2,3)12-6(13)5-7(16-9(14)15)11-8(17-4)18-5/h1-4H3,(H,12,13)(H,14,15). The monoisotopic (exact) mass is 290 g/mol. The number of thiazole rings is 1. The summed E-state index contributed by atoms with van der Waals surface area (Å²) >= 11 is 2.42. The zero-order chi connectivity index (χ0) is 13.9. The van der Waals surface area contributed by atoms with E-state index in [0.717, 1.165) is 11.3 Å². The molecule has 1 aromatic heterocycles. The lowest BCUT2D eigenvalue weighted by atomic mass is 10.1. The van der Waals surface area contributed by atoms with Crippen LogP contribution in [0, 0.1) is 0 Å². The van der Waals surface area contributed by atoms with Crippen molar-refractivity contribution >= 4 is 35.2 Å². The smallest absolute Gasteiger partial charge is 0.449 e. The second-order valence-electron chi connectivity index (χ2n) is 4.39. The number of hydrogen-bond donors (Lipinski definition) is 2. The van der Waals surface area contributed by atoms with Crippen LogP contribution < -0.4 is 10.1 Å². The summed E-state index contributed by atoms with van der Waals surface area (Å²) in [5, 5.41) is 11.3. The van der Waals surface area contributed by atoms with E-state index >= 15 is 0 Å². The molecular formula is C10H14N2O4S2. The maximum atomic E-state index is 12.0. The highest BCUT2D eigenvalue weighted by atomic mass is 32.2. The molecule has 2 N–H and O–H groups in total. The van der Waals surface area contributed by atoms with Crippen LogP contribution in [0.1, 0.15) is 30.4 Å². The topological polar surface area (TPSA) is 88.5 Å². The third-order valence-corrected chi connectivity index (χ3v) is 3.65. The zero-order valence-electron chi connectivity index (χ0n) is 10.4. The molecule has 18 heavy (non-hydrogen) atoms. The van der Waals surface area contributed by atoms with Gasteiger partial charge in [0.1, 0.15) is 0 Å². The Kier molecular flexibility index (Phi) is 4.58. The number of carbonyl (C=O) groups is 2. The molecule has 0 atom stereocenters. The number of carbonyl (C=O) groups excluding carboxylic acids is 1. The van der Waals surface area contributed by atoms with Crippen LogP contribution in [0.4, 0.5) is 4.79 Å². The van der Waals surface area contributed by atoms with Crippen molar-refractivity contribution in [3.05, 3.63) is 4.88 Å². The van der Waals surface area contributed by atoms with Crippen LogP contribution in [0.15, 0.2) is 4.34 Å². The van der Waals surface area contributed by atoms with Gasteiger partial charge in [0, 0.05) is 5.54 Å². The maximum Gasteiger partial charge on any atom is 0.512 e. The SMILES string of the molecule is CSc1nc(OC(=O)O)c(C(=O)NC(C)(C)C)s1. The Balaban J connectivity index is 3.02. The number of amides is 1. The number of hydrogen-bond acceptors (Lipinski definition) is 6. The summed E-state index contributed by atoms with van der Waals surface area (Å²) in [6.45, 7) is 5.50. The second-order valence-corrected chi connectivity index (χ2v) is 6.44. The first kappa shape index (κ1) is 14.8. The van der Waals surface area contributed by atoms with Crippen molar-refractivity contribution in [3.63, 3.8) is 0 Å². The maximum absolute atomic E-state index is 12.0. The molecule has 0 aliphatic carbocycles. The summed E-state index contributed by atoms with van der Waals surface area (Å²) in [6.07, 6.45) is 0.298. The molecule has 0 unspecified atom stereocenters. The zero-order valence-corrected chi connectivity index (χ0v) is 12.1. The van der Waals surface area contributed by atoms with Crippen LogP contribution in [0.2, 0.25) is 0 Å². The van der Waals surface area contributed by atoms with E-state index in [0.29, 0.717) is 4.34 Å². The molecule has 1 heterocycles. The number of ether oxygens (including phenoxy) is 1. The van der Waals surface area contributed by atoms with Crippen molar-refractivity contribution in [1.29, 1.82) is 0 Å². The fraction of sp³-hybridized carbons (Fsp3) is 0.500. The van der Waals surface area contributed by atoms with Crippen LogP contribution in [-0.2, 0) is 0 Å². The van der Waals surface area contributed by atoms with E-state index < -0.39 is 17.6 Å². The molecule has 0 aliphatic heterocycles. The first-order valence-electron chi connectivity index (χ1n) is 5.01. The molecule has 8 heteroatoms. The van der Waals surface area contributed by atoms with Crippen LogP contribution in [0.25, 0.3) is 0 Å². The lowest BCUT2D eigenvalue weighted by Gasteiger charge is -2.19. The summed E-state index contributed by atoms with van der Waals surface area (Å²) < 4.78 is 5.08. The Hall–Kier alpha value is -1.28. The third-order valence-electron chi connectivity index (χ3n) is 1.63. The average molecular weight is 290 g/mol. The quantitative estimate of drug-likeness (QED) is 0.656. The fourth-order valence-electron chi connectivity index (χ4n) is 1.07. The molecule has 100 valence electrons. The number of aromatic nitrogens is 1. The molecule has 0 radical (unpaired) electrons. The van der Waals surface area contributed by atoms with Crippen molar-refractivity contribution < 1.29 is 19.4 Å². The summed E-state index contributed by atoms with van der Waals surface area (Å²) in [5.41, 5.74) is -0.416. The molecule has 0 bridgehead atoms. The first-order chi connectivity index (χ1) is 8.23. The van der Waals surface area contributed by atoms with Gasteiger partial charge in [-0.05, 0) is 27.0 Å². The highest BCUT2D eigenvalue weighted by Crippen LogP contribution is 2.31. The molecule has 1 aromatic rings. The molecule has 0 fully saturated rings. The minimum absolute atomic E-state index is 0.164. The molecule has 0 saturated heterocycles. The minimum atomic E-state index is -1.49. The van der Waals surface area contributed by atoms with Gasteiger partial charge in [-0.15, -0.1) is 0 Å². The summed E-state index contributed by atoms with van der Waals surface area (Å²) in [5.74, 6) is -0.560. The molecule has 0 spiro atoms. The molecule has 1 rings (SSSR count). The van der Waals surface area contributed by atoms with E-state index in [1.165, 1.54) is 11.8 Å². The minimum Gasteiger partial charge on any atom is -0.449 e. The van der Waals surface area contributed by atoms with Crippen molar-refractivity contribution in [2.45, 2.75) is 30.6 Å². The van der Waals surface area contributed by atoms with Gasteiger partial charge in [-0.3, -0.25) is 4.79 Å². The van der Waals surface area contributed by atoms with E-state index in [4.69, 9.17) is 5.11 Å². The van der Waals surface area contributed by atoms with E-state index in [9.17, 15) is 9.59 Å². The predicted molar refractivity (Wildman–Crippen MR) is 69.8 cm³/mol. The van der Waals surface area contributed by atoms with Crippen molar-refractivity contribution in [3.8, 4) is 5.88 Å². The Morgan fingerprint density at radius 1 is 1.44 bits per heavy atom. The van der Waals surface area contributed by atoms with E-state index in [1.807, 2.05) is 20.8 Å². The van der Waals surface area contributed by atoms with Crippen LogP contribution in [0.5, 0.6) is 5.88 Å². The van der Waals surface area contributed by atoms with Gasteiger partial charge in [0.2, 0.25) is 0 Å². The van der Waals surface area contributed by atoms with Gasteiger partial charge in [0.15, 0.2) is 9.22 Å². The Bertz CT molecular complexity index is 465. The Morgan fingerprint density at radius 3 is 2.50 bits per heavy atom. The second kappa shape index (κ2) is 5.57. The number of carboxylic acid groups (broad SMARTS) is 1. The third kappa shape index (κ3) is 4.19. The van der Waals surface area contributed by atoms with Gasteiger partial charge in [-0.2, -0.15) is 4.98 Å². The number of nitrogens with zero attached hydrogens (tertiary/aromatic N) is 1. The van der Waals surface area contributed by atoms with Gasteiger partial charge in [-0.25, -0.2) is 4.79 Å². The number of thioether (sulfide) groups is 1. The number of nitrogens with one attached hydrogen (secondary N) is 1. The first-order valence-corrected chi connectivity index (χ1v) is 7.05. The van der Waals surface area contributed by atoms with Gasteiger partial charge in [0.05, 0.1) is 0 Å². The largest absolute Gasteiger partial charge is 0.512 e. The van der Waals surface area contributed by atoms with Crippen LogP contribution in [-0.4, -0.2) is 33.9 Å². The van der Waals surface area contributed by atoms with Gasteiger partial charge < -0.3 is 15.2 Å². The van der Waals surface area contributed by atoms with Crippen molar-refractivity contribution in [1.82, 2.24) is 10.3 Å². The van der Waals surface area contributed by atoms with Gasteiger partial charge in [-0.1, -0.05) is 23.1 Å². The van der Waals surface area contributed by atoms with Gasteiger partial charge in [0.25, 0.3) is 11.8 Å². The fourth-order valence-corrected chi connectivity index (χ4v) is 2.45. The average Bonchev–Trinajstić information content (AvgIpc) is 2.57. The molecule has 6 nitrogen and oxygen atoms in total. The lowest BCUT2D eigenvalue weighted by Crippen LogP contribution is -2.40. The molecular weight excluding hydrogens is 276 g/mol. The highest BCUT2D eigenvalue weighted by Gasteiger charge is 2.24. The summed E-state index contributed by atoms with van der Waals surface area (Å²) in [7, 11) is 0. The van der Waals surface area contributed by atoms with Crippen molar-refractivity contribution in [2.75, 3.05) is 6.26 Å². The Labute approximate surface area is 113 Å². The van der Waals surface area contributed by atoms with E-state index in [-0.39, 0.29) is 10.8 Å². The van der Waals surface area contributed by atoms with Crippen molar-refractivity contribution in [2.24, 2.45) is 0 Å². The molecule has 1 amide bonds.